The van der Waals surface area contributed by atoms with E-state index in [1.807, 2.05) is 6.08 Å². The van der Waals surface area contributed by atoms with Gasteiger partial charge >= 0.3 is 17.9 Å². The Labute approximate surface area is 407 Å². The lowest BCUT2D eigenvalue weighted by Gasteiger charge is -2.18. The molecule has 0 fully saturated rings. The standard InChI is InChI=1S/C60H100O6/c1-4-7-10-13-16-19-22-25-27-29-30-32-34-36-39-41-44-47-50-53-59(62)65-56-57(66-60(63)54-51-48-45-42-37-24-21-18-15-12-9-6-3)55-64-58(61)52-49-46-43-40-38-35-33-31-28-26-23-20-17-14-11-8-5-2/h7,10,16-17,19-20,25-28,30,32,36,39,44,47,57H,4-6,8-9,11-15,18,21-24,29,31,33-35,37-38,40-43,45-46,48-56H2,1-3H3/b10-7-,19-16-,20-17-,27-25-,28-26-,32-30-,39-36-,47-44-/t57-/m0/s1. The van der Waals surface area contributed by atoms with E-state index >= 15 is 0 Å². The Morgan fingerprint density at radius 2 is 0.621 bits per heavy atom. The van der Waals surface area contributed by atoms with E-state index in [0.29, 0.717) is 19.3 Å². The van der Waals surface area contributed by atoms with Crippen LogP contribution in [0.1, 0.15) is 245 Å². The molecule has 0 heterocycles. The van der Waals surface area contributed by atoms with Gasteiger partial charge in [-0.1, -0.05) is 234 Å². The van der Waals surface area contributed by atoms with Crippen LogP contribution in [0, 0.1) is 0 Å². The van der Waals surface area contributed by atoms with Crippen molar-refractivity contribution in [3.05, 3.63) is 97.2 Å². The van der Waals surface area contributed by atoms with Gasteiger partial charge in [-0.25, -0.2) is 0 Å². The second-order valence-electron chi connectivity index (χ2n) is 17.8. The van der Waals surface area contributed by atoms with E-state index in [9.17, 15) is 14.4 Å². The van der Waals surface area contributed by atoms with Gasteiger partial charge in [-0.3, -0.25) is 14.4 Å². The molecule has 0 saturated carbocycles. The minimum absolute atomic E-state index is 0.104. The zero-order valence-electron chi connectivity index (χ0n) is 42.9. The van der Waals surface area contributed by atoms with Crippen molar-refractivity contribution in [2.24, 2.45) is 0 Å². The second kappa shape index (κ2) is 53.9. The van der Waals surface area contributed by atoms with Crippen LogP contribution < -0.4 is 0 Å². The number of esters is 3. The summed E-state index contributed by atoms with van der Waals surface area (Å²) in [5, 5.41) is 0. The number of unbranched alkanes of at least 4 members (excludes halogenated alkanes) is 21. The maximum atomic E-state index is 12.8. The normalized spacial score (nSPS) is 12.8. The van der Waals surface area contributed by atoms with E-state index in [-0.39, 0.29) is 37.5 Å². The largest absolute Gasteiger partial charge is 0.462 e. The van der Waals surface area contributed by atoms with Crippen molar-refractivity contribution >= 4 is 17.9 Å². The van der Waals surface area contributed by atoms with Gasteiger partial charge in [-0.2, -0.15) is 0 Å². The number of carbonyl (C=O) groups is 3. The van der Waals surface area contributed by atoms with Crippen LogP contribution in [0.15, 0.2) is 97.2 Å². The average Bonchev–Trinajstić information content (AvgIpc) is 3.31. The predicted molar refractivity (Wildman–Crippen MR) is 284 cm³/mol. The fourth-order valence-corrected chi connectivity index (χ4v) is 7.26. The van der Waals surface area contributed by atoms with Gasteiger partial charge in [0.1, 0.15) is 13.2 Å². The van der Waals surface area contributed by atoms with Crippen LogP contribution in [0.5, 0.6) is 0 Å². The maximum absolute atomic E-state index is 12.8. The van der Waals surface area contributed by atoms with E-state index in [4.69, 9.17) is 14.2 Å². The first kappa shape index (κ1) is 62.3. The molecule has 0 aromatic rings. The minimum atomic E-state index is -0.810. The quantitative estimate of drug-likeness (QED) is 0.0262. The third kappa shape index (κ3) is 51.3. The van der Waals surface area contributed by atoms with Gasteiger partial charge in [-0.05, 0) is 89.9 Å². The smallest absolute Gasteiger partial charge is 0.306 e. The molecule has 0 aliphatic heterocycles. The summed E-state index contributed by atoms with van der Waals surface area (Å²) in [4.78, 5) is 38.0. The summed E-state index contributed by atoms with van der Waals surface area (Å²) < 4.78 is 16.7. The Morgan fingerprint density at radius 3 is 1.05 bits per heavy atom. The zero-order valence-corrected chi connectivity index (χ0v) is 42.9. The highest BCUT2D eigenvalue weighted by molar-refractivity contribution is 5.71. The molecule has 6 nitrogen and oxygen atoms in total. The van der Waals surface area contributed by atoms with Crippen molar-refractivity contribution in [1.29, 1.82) is 0 Å². The first-order valence-corrected chi connectivity index (χ1v) is 27.2. The number of hydrogen-bond acceptors (Lipinski definition) is 6. The number of carbonyl (C=O) groups excluding carboxylic acids is 3. The van der Waals surface area contributed by atoms with Gasteiger partial charge < -0.3 is 14.2 Å². The second-order valence-corrected chi connectivity index (χ2v) is 17.8. The van der Waals surface area contributed by atoms with Gasteiger partial charge in [0.05, 0.1) is 0 Å². The van der Waals surface area contributed by atoms with Crippen LogP contribution in [0.25, 0.3) is 0 Å². The van der Waals surface area contributed by atoms with Gasteiger partial charge in [-0.15, -0.1) is 0 Å². The topological polar surface area (TPSA) is 78.9 Å². The fraction of sp³-hybridized carbons (Fsp3) is 0.683. The minimum Gasteiger partial charge on any atom is -0.462 e. The Hall–Kier alpha value is -3.67. The lowest BCUT2D eigenvalue weighted by Crippen LogP contribution is -2.30. The number of ether oxygens (including phenoxy) is 3. The van der Waals surface area contributed by atoms with Gasteiger partial charge in [0.2, 0.25) is 0 Å². The summed E-state index contributed by atoms with van der Waals surface area (Å²) in [5.41, 5.74) is 0. The highest BCUT2D eigenvalue weighted by Gasteiger charge is 2.19. The van der Waals surface area contributed by atoms with Crippen molar-refractivity contribution < 1.29 is 28.6 Å². The summed E-state index contributed by atoms with van der Waals surface area (Å²) in [7, 11) is 0. The Balaban J connectivity index is 4.48. The van der Waals surface area contributed by atoms with Crippen LogP contribution in [0.2, 0.25) is 0 Å². The number of hydrogen-bond donors (Lipinski definition) is 0. The third-order valence-corrected chi connectivity index (χ3v) is 11.3. The predicted octanol–water partition coefficient (Wildman–Crippen LogP) is 18.1. The maximum Gasteiger partial charge on any atom is 0.306 e. The van der Waals surface area contributed by atoms with Crippen molar-refractivity contribution in [1.82, 2.24) is 0 Å². The molecule has 0 spiro atoms. The SMILES string of the molecule is CC/C=C\C/C=C\C/C=C\C/C=C\C/C=C\C/C=C\CCC(=O)OC[C@H](COC(=O)CCCCCCCCC/C=C\C/C=C\CCCCC)OC(=O)CCCCCCCCCCCCCC. The van der Waals surface area contributed by atoms with Crippen molar-refractivity contribution in [3.63, 3.8) is 0 Å². The summed E-state index contributed by atoms with van der Waals surface area (Å²) in [6, 6.07) is 0. The average molecular weight is 917 g/mol. The van der Waals surface area contributed by atoms with E-state index in [1.165, 1.54) is 109 Å². The molecule has 376 valence electrons. The number of allylic oxidation sites excluding steroid dienone is 16. The van der Waals surface area contributed by atoms with Crippen LogP contribution in [0.3, 0.4) is 0 Å². The lowest BCUT2D eigenvalue weighted by molar-refractivity contribution is -0.166. The summed E-state index contributed by atoms with van der Waals surface area (Å²) >= 11 is 0. The van der Waals surface area contributed by atoms with Crippen molar-refractivity contribution in [3.8, 4) is 0 Å². The van der Waals surface area contributed by atoms with Gasteiger partial charge in [0.15, 0.2) is 6.10 Å². The third-order valence-electron chi connectivity index (χ3n) is 11.3. The Bertz CT molecular complexity index is 1330. The molecule has 0 N–H and O–H groups in total. The molecule has 0 aromatic carbocycles. The fourth-order valence-electron chi connectivity index (χ4n) is 7.26. The van der Waals surface area contributed by atoms with Crippen molar-refractivity contribution in [2.75, 3.05) is 13.2 Å². The monoisotopic (exact) mass is 917 g/mol. The molecule has 0 amide bonds. The molecule has 6 heteroatoms. The first-order chi connectivity index (χ1) is 32.5. The Morgan fingerprint density at radius 1 is 0.318 bits per heavy atom. The molecule has 0 aliphatic carbocycles. The lowest BCUT2D eigenvalue weighted by atomic mass is 10.0. The van der Waals surface area contributed by atoms with E-state index in [2.05, 4.69) is 112 Å². The van der Waals surface area contributed by atoms with Crippen molar-refractivity contribution in [2.45, 2.75) is 252 Å². The van der Waals surface area contributed by atoms with Crippen LogP contribution in [-0.2, 0) is 28.6 Å². The molecule has 0 unspecified atom stereocenters. The molecule has 1 atom stereocenters. The molecule has 0 bridgehead atoms. The summed E-state index contributed by atoms with van der Waals surface area (Å²) in [6.07, 6.45) is 71.1. The van der Waals surface area contributed by atoms with E-state index in [0.717, 1.165) is 89.9 Å². The van der Waals surface area contributed by atoms with Crippen LogP contribution >= 0.6 is 0 Å². The molecular formula is C60H100O6. The van der Waals surface area contributed by atoms with Gasteiger partial charge in [0, 0.05) is 19.3 Å². The molecule has 66 heavy (non-hydrogen) atoms. The molecular weight excluding hydrogens is 817 g/mol. The van der Waals surface area contributed by atoms with Gasteiger partial charge in [0.25, 0.3) is 0 Å². The molecule has 0 saturated heterocycles. The molecule has 0 aromatic heterocycles. The molecule has 0 rings (SSSR count). The number of rotatable bonds is 48. The van der Waals surface area contributed by atoms with Crippen LogP contribution in [0.4, 0.5) is 0 Å². The first-order valence-electron chi connectivity index (χ1n) is 27.2. The highest BCUT2D eigenvalue weighted by atomic mass is 16.6. The molecule has 0 aliphatic rings. The highest BCUT2D eigenvalue weighted by Crippen LogP contribution is 2.14. The molecule has 0 radical (unpaired) electrons. The zero-order chi connectivity index (χ0) is 47.9. The van der Waals surface area contributed by atoms with E-state index in [1.54, 1.807) is 0 Å². The van der Waals surface area contributed by atoms with Crippen LogP contribution in [-0.4, -0.2) is 37.2 Å². The summed E-state index contributed by atoms with van der Waals surface area (Å²) in [5.74, 6) is -0.998. The summed E-state index contributed by atoms with van der Waals surface area (Å²) in [6.45, 7) is 6.42. The van der Waals surface area contributed by atoms with E-state index < -0.39 is 6.10 Å². The Kier molecular flexibility index (Phi) is 50.9.